The number of aliphatic carboxylic acids is 1. The average Bonchev–Trinajstić information content (AvgIpc) is 2.15. The van der Waals surface area contributed by atoms with E-state index >= 15 is 0 Å². The summed E-state index contributed by atoms with van der Waals surface area (Å²) in [6.07, 6.45) is 0.336. The topological polar surface area (TPSA) is 95.5 Å². The number of carboxylic acids is 1. The monoisotopic (exact) mass is 238 g/mol. The quantitative estimate of drug-likeness (QED) is 0.465. The first-order valence-corrected chi connectivity index (χ1v) is 6.53. The molecule has 15 heavy (non-hydrogen) atoms. The van der Waals surface area contributed by atoms with Crippen molar-refractivity contribution in [3.05, 3.63) is 0 Å². The number of hydrogen-bond donors (Lipinski definition) is 3. The van der Waals surface area contributed by atoms with Crippen LogP contribution in [0.25, 0.3) is 0 Å². The fraction of sp³-hybridized carbons (Fsp3) is 0.875. The molecule has 0 atom stereocenters. The molecule has 0 radical (unpaired) electrons. The molecule has 0 aromatic rings. The van der Waals surface area contributed by atoms with Gasteiger partial charge < -0.3 is 10.4 Å². The largest absolute Gasteiger partial charge is 0.481 e. The molecule has 0 fully saturated rings. The van der Waals surface area contributed by atoms with Crippen LogP contribution in [0, 0.1) is 0 Å². The third-order valence-electron chi connectivity index (χ3n) is 1.69. The summed E-state index contributed by atoms with van der Waals surface area (Å²) in [4.78, 5) is 10.2. The first-order valence-electron chi connectivity index (χ1n) is 4.88. The Morgan fingerprint density at radius 1 is 1.33 bits per heavy atom. The van der Waals surface area contributed by atoms with Crippen LogP contribution in [-0.4, -0.2) is 44.9 Å². The van der Waals surface area contributed by atoms with Gasteiger partial charge in [-0.2, -0.15) is 0 Å². The number of rotatable bonds is 9. The van der Waals surface area contributed by atoms with Crippen molar-refractivity contribution in [3.63, 3.8) is 0 Å². The fourth-order valence-corrected chi connectivity index (χ4v) is 1.95. The van der Waals surface area contributed by atoms with Crippen LogP contribution in [0.4, 0.5) is 0 Å². The lowest BCUT2D eigenvalue weighted by Crippen LogP contribution is -2.30. The summed E-state index contributed by atoms with van der Waals surface area (Å²) in [6.45, 7) is 3.91. The molecule has 0 aromatic heterocycles. The maximum absolute atomic E-state index is 11.2. The standard InChI is InChI=1S/C8H18N2O4S/c1-2-9-5-3-6-10-15(13,14)7-4-8(11)12/h9-10H,2-7H2,1H3,(H,11,12). The highest BCUT2D eigenvalue weighted by Gasteiger charge is 2.11. The molecule has 0 aliphatic heterocycles. The Hall–Kier alpha value is -0.660. The molecule has 3 N–H and O–H groups in total. The van der Waals surface area contributed by atoms with Gasteiger partial charge in [-0.25, -0.2) is 13.1 Å². The zero-order chi connectivity index (χ0) is 11.7. The van der Waals surface area contributed by atoms with Crippen molar-refractivity contribution in [1.29, 1.82) is 0 Å². The summed E-state index contributed by atoms with van der Waals surface area (Å²) >= 11 is 0. The summed E-state index contributed by atoms with van der Waals surface area (Å²) in [5, 5.41) is 11.4. The van der Waals surface area contributed by atoms with Gasteiger partial charge in [0.2, 0.25) is 10.0 Å². The summed E-state index contributed by atoms with van der Waals surface area (Å²) < 4.78 is 24.7. The van der Waals surface area contributed by atoms with Crippen molar-refractivity contribution < 1.29 is 18.3 Å². The highest BCUT2D eigenvalue weighted by atomic mass is 32.2. The summed E-state index contributed by atoms with van der Waals surface area (Å²) in [5.41, 5.74) is 0. The predicted molar refractivity (Wildman–Crippen MR) is 57.2 cm³/mol. The highest BCUT2D eigenvalue weighted by Crippen LogP contribution is 1.90. The minimum Gasteiger partial charge on any atom is -0.481 e. The van der Waals surface area contributed by atoms with Crippen LogP contribution < -0.4 is 10.0 Å². The molecule has 0 aromatic carbocycles. The molecule has 0 heterocycles. The zero-order valence-electron chi connectivity index (χ0n) is 8.82. The van der Waals surface area contributed by atoms with Crippen LogP contribution in [0.2, 0.25) is 0 Å². The van der Waals surface area contributed by atoms with E-state index in [2.05, 4.69) is 10.0 Å². The molecule has 0 saturated heterocycles. The third kappa shape index (κ3) is 9.64. The van der Waals surface area contributed by atoms with E-state index in [1.54, 1.807) is 0 Å². The Morgan fingerprint density at radius 3 is 2.53 bits per heavy atom. The molecule has 0 amide bonds. The Morgan fingerprint density at radius 2 is 2.00 bits per heavy atom. The predicted octanol–water partition coefficient (Wildman–Crippen LogP) is -0.620. The molecule has 0 aliphatic carbocycles. The van der Waals surface area contributed by atoms with Gasteiger partial charge in [0.25, 0.3) is 0 Å². The van der Waals surface area contributed by atoms with Gasteiger partial charge in [0.15, 0.2) is 0 Å². The van der Waals surface area contributed by atoms with E-state index in [0.29, 0.717) is 13.0 Å². The lowest BCUT2D eigenvalue weighted by atomic mass is 10.4. The van der Waals surface area contributed by atoms with Crippen molar-refractivity contribution >= 4 is 16.0 Å². The Labute approximate surface area is 90.1 Å². The number of carboxylic acid groups (broad SMARTS) is 1. The molecule has 0 saturated carbocycles. The van der Waals surface area contributed by atoms with Gasteiger partial charge in [0, 0.05) is 6.54 Å². The molecular weight excluding hydrogens is 220 g/mol. The molecule has 0 spiro atoms. The number of hydrogen-bond acceptors (Lipinski definition) is 4. The maximum atomic E-state index is 11.2. The molecule has 0 bridgehead atoms. The highest BCUT2D eigenvalue weighted by molar-refractivity contribution is 7.89. The van der Waals surface area contributed by atoms with E-state index in [4.69, 9.17) is 5.11 Å². The number of nitrogens with one attached hydrogen (secondary N) is 2. The van der Waals surface area contributed by atoms with Gasteiger partial charge in [-0.1, -0.05) is 6.92 Å². The average molecular weight is 238 g/mol. The van der Waals surface area contributed by atoms with Crippen LogP contribution in [0.1, 0.15) is 19.8 Å². The van der Waals surface area contributed by atoms with E-state index in [1.165, 1.54) is 0 Å². The lowest BCUT2D eigenvalue weighted by Gasteiger charge is -2.05. The van der Waals surface area contributed by atoms with Crippen molar-refractivity contribution in [2.45, 2.75) is 19.8 Å². The molecule has 6 nitrogen and oxygen atoms in total. The molecular formula is C8H18N2O4S. The third-order valence-corrected chi connectivity index (χ3v) is 3.07. The minimum absolute atomic E-state index is 0.342. The minimum atomic E-state index is -3.42. The van der Waals surface area contributed by atoms with Crippen molar-refractivity contribution in [2.24, 2.45) is 0 Å². The molecule has 90 valence electrons. The Kier molecular flexibility index (Phi) is 7.27. The smallest absolute Gasteiger partial charge is 0.304 e. The van der Waals surface area contributed by atoms with Crippen LogP contribution >= 0.6 is 0 Å². The summed E-state index contributed by atoms with van der Waals surface area (Å²) in [5.74, 6) is -1.46. The van der Waals surface area contributed by atoms with Gasteiger partial charge in [-0.05, 0) is 19.5 Å². The van der Waals surface area contributed by atoms with E-state index in [1.807, 2.05) is 6.92 Å². The van der Waals surface area contributed by atoms with E-state index in [-0.39, 0.29) is 12.2 Å². The summed E-state index contributed by atoms with van der Waals surface area (Å²) in [6, 6.07) is 0. The second-order valence-electron chi connectivity index (χ2n) is 3.06. The second-order valence-corrected chi connectivity index (χ2v) is 4.99. The van der Waals surface area contributed by atoms with E-state index in [0.717, 1.165) is 13.1 Å². The van der Waals surface area contributed by atoms with Crippen LogP contribution in [0.5, 0.6) is 0 Å². The fourth-order valence-electron chi connectivity index (χ4n) is 0.912. The van der Waals surface area contributed by atoms with Crippen molar-refractivity contribution in [3.8, 4) is 0 Å². The van der Waals surface area contributed by atoms with E-state index in [9.17, 15) is 13.2 Å². The van der Waals surface area contributed by atoms with Gasteiger partial charge in [-0.15, -0.1) is 0 Å². The molecule has 7 heteroatoms. The van der Waals surface area contributed by atoms with Gasteiger partial charge in [0.05, 0.1) is 12.2 Å². The molecule has 0 rings (SSSR count). The second kappa shape index (κ2) is 7.61. The Bertz CT molecular complexity index is 276. The van der Waals surface area contributed by atoms with Crippen molar-refractivity contribution in [1.82, 2.24) is 10.0 Å². The van der Waals surface area contributed by atoms with Crippen LogP contribution in [0.3, 0.4) is 0 Å². The van der Waals surface area contributed by atoms with Crippen molar-refractivity contribution in [2.75, 3.05) is 25.4 Å². The van der Waals surface area contributed by atoms with Gasteiger partial charge in [0.1, 0.15) is 0 Å². The lowest BCUT2D eigenvalue weighted by molar-refractivity contribution is -0.136. The number of sulfonamides is 1. The normalized spacial score (nSPS) is 11.5. The summed E-state index contributed by atoms with van der Waals surface area (Å²) in [7, 11) is -3.42. The van der Waals surface area contributed by atoms with Crippen LogP contribution in [-0.2, 0) is 14.8 Å². The van der Waals surface area contributed by atoms with E-state index < -0.39 is 16.0 Å². The van der Waals surface area contributed by atoms with Crippen LogP contribution in [0.15, 0.2) is 0 Å². The van der Waals surface area contributed by atoms with Gasteiger partial charge >= 0.3 is 5.97 Å². The molecule has 0 unspecified atom stereocenters. The Balaban J connectivity index is 3.61. The van der Waals surface area contributed by atoms with Gasteiger partial charge in [-0.3, -0.25) is 4.79 Å². The zero-order valence-corrected chi connectivity index (χ0v) is 9.64. The first-order chi connectivity index (χ1) is 6.98. The maximum Gasteiger partial charge on any atom is 0.304 e. The SMILES string of the molecule is CCNCCCNS(=O)(=O)CCC(=O)O. The number of carbonyl (C=O) groups is 1. The molecule has 0 aliphatic rings. The first kappa shape index (κ1) is 14.3.